The van der Waals surface area contributed by atoms with Crippen molar-refractivity contribution in [3.05, 3.63) is 54.4 Å². The minimum absolute atomic E-state index is 0.0891. The van der Waals surface area contributed by atoms with Crippen LogP contribution in [0.2, 0.25) is 0 Å². The first-order valence-corrected chi connectivity index (χ1v) is 8.97. The summed E-state index contributed by atoms with van der Waals surface area (Å²) in [5.41, 5.74) is 2.60. The van der Waals surface area contributed by atoms with E-state index in [1.807, 2.05) is 53.3 Å². The Morgan fingerprint density at radius 1 is 1.25 bits per heavy atom. The number of anilines is 1. The highest BCUT2D eigenvalue weighted by Crippen LogP contribution is 2.20. The summed E-state index contributed by atoms with van der Waals surface area (Å²) in [6.45, 7) is 0.230. The average molecular weight is 341 g/mol. The second-order valence-electron chi connectivity index (χ2n) is 5.32. The summed E-state index contributed by atoms with van der Waals surface area (Å²) in [6.07, 6.45) is 2.03. The Hall–Kier alpha value is -2.47. The fourth-order valence-corrected chi connectivity index (χ4v) is 3.06. The third-order valence-electron chi connectivity index (χ3n) is 3.66. The molecule has 0 unspecified atom stereocenters. The molecule has 0 aliphatic rings. The van der Waals surface area contributed by atoms with Crippen LogP contribution in [0.15, 0.2) is 48.5 Å². The molecule has 0 radical (unpaired) electrons. The highest BCUT2D eigenvalue weighted by atomic mass is 32.2. The molecule has 2 aromatic carbocycles. The summed E-state index contributed by atoms with van der Waals surface area (Å²) in [7, 11) is 1.60. The summed E-state index contributed by atoms with van der Waals surface area (Å²) >= 11 is 1.69. The number of ether oxygens (including phenoxy) is 1. The van der Waals surface area contributed by atoms with Gasteiger partial charge < -0.3 is 14.6 Å². The van der Waals surface area contributed by atoms with Crippen LogP contribution in [0.5, 0.6) is 5.75 Å². The number of methoxy groups -OCH3 is 1. The molecule has 0 saturated carbocycles. The number of thioether (sulfide) groups is 1. The third-order valence-corrected chi connectivity index (χ3v) is 4.21. The van der Waals surface area contributed by atoms with Crippen LogP contribution in [0.25, 0.3) is 11.0 Å². The van der Waals surface area contributed by atoms with E-state index < -0.39 is 0 Å². The molecule has 5 nitrogen and oxygen atoms in total. The lowest BCUT2D eigenvalue weighted by Crippen LogP contribution is -2.20. The molecule has 24 heavy (non-hydrogen) atoms. The van der Waals surface area contributed by atoms with Crippen molar-refractivity contribution < 1.29 is 9.53 Å². The van der Waals surface area contributed by atoms with Crippen LogP contribution in [0, 0.1) is 0 Å². The first kappa shape index (κ1) is 16.4. The SMILES string of the molecule is COc1cccc(NC(=O)Cn2c(CSC)nc3ccccc32)c1. The predicted octanol–water partition coefficient (Wildman–Crippen LogP) is 3.55. The number of hydrogen-bond acceptors (Lipinski definition) is 4. The highest BCUT2D eigenvalue weighted by molar-refractivity contribution is 7.97. The van der Waals surface area contributed by atoms with Gasteiger partial charge in [-0.3, -0.25) is 4.79 Å². The van der Waals surface area contributed by atoms with Crippen molar-refractivity contribution in [3.8, 4) is 5.75 Å². The number of hydrogen-bond donors (Lipinski definition) is 1. The van der Waals surface area contributed by atoms with Gasteiger partial charge in [-0.2, -0.15) is 11.8 Å². The van der Waals surface area contributed by atoms with Crippen LogP contribution in [0.3, 0.4) is 0 Å². The zero-order chi connectivity index (χ0) is 16.9. The maximum absolute atomic E-state index is 12.5. The normalized spacial score (nSPS) is 10.8. The quantitative estimate of drug-likeness (QED) is 0.745. The molecule has 0 aliphatic carbocycles. The summed E-state index contributed by atoms with van der Waals surface area (Å²) in [5.74, 6) is 2.29. The molecule has 0 fully saturated rings. The zero-order valence-electron chi connectivity index (χ0n) is 13.7. The second kappa shape index (κ2) is 7.40. The van der Waals surface area contributed by atoms with Gasteiger partial charge in [-0.1, -0.05) is 18.2 Å². The van der Waals surface area contributed by atoms with Crippen molar-refractivity contribution in [2.45, 2.75) is 12.3 Å². The van der Waals surface area contributed by atoms with E-state index in [0.717, 1.165) is 28.3 Å². The Morgan fingerprint density at radius 3 is 2.88 bits per heavy atom. The van der Waals surface area contributed by atoms with Crippen LogP contribution in [-0.2, 0) is 17.1 Å². The molecule has 0 saturated heterocycles. The molecule has 3 aromatic rings. The van der Waals surface area contributed by atoms with E-state index in [1.165, 1.54) is 0 Å². The first-order chi connectivity index (χ1) is 11.7. The Bertz CT molecular complexity index is 860. The van der Waals surface area contributed by atoms with Crippen molar-refractivity contribution >= 4 is 34.4 Å². The lowest BCUT2D eigenvalue weighted by molar-refractivity contribution is -0.116. The lowest BCUT2D eigenvalue weighted by Gasteiger charge is -2.10. The minimum Gasteiger partial charge on any atom is -0.497 e. The molecular formula is C18H19N3O2S. The molecule has 1 N–H and O–H groups in total. The Morgan fingerprint density at radius 2 is 2.08 bits per heavy atom. The van der Waals surface area contributed by atoms with Gasteiger partial charge in [-0.15, -0.1) is 0 Å². The van der Waals surface area contributed by atoms with E-state index in [2.05, 4.69) is 10.3 Å². The fraction of sp³-hybridized carbons (Fsp3) is 0.222. The molecule has 0 atom stereocenters. The van der Waals surface area contributed by atoms with Gasteiger partial charge in [0.25, 0.3) is 0 Å². The van der Waals surface area contributed by atoms with E-state index in [9.17, 15) is 4.79 Å². The predicted molar refractivity (Wildman–Crippen MR) is 98.6 cm³/mol. The van der Waals surface area contributed by atoms with Gasteiger partial charge in [0.1, 0.15) is 18.1 Å². The van der Waals surface area contributed by atoms with Crippen LogP contribution in [0.4, 0.5) is 5.69 Å². The molecule has 0 aliphatic heterocycles. The molecular weight excluding hydrogens is 322 g/mol. The van der Waals surface area contributed by atoms with Crippen molar-refractivity contribution in [1.29, 1.82) is 0 Å². The smallest absolute Gasteiger partial charge is 0.244 e. The zero-order valence-corrected chi connectivity index (χ0v) is 14.5. The average Bonchev–Trinajstić information content (AvgIpc) is 2.93. The van der Waals surface area contributed by atoms with E-state index >= 15 is 0 Å². The van der Waals surface area contributed by atoms with Gasteiger partial charge in [-0.05, 0) is 30.5 Å². The molecule has 6 heteroatoms. The van der Waals surface area contributed by atoms with Gasteiger partial charge in [0.2, 0.25) is 5.91 Å². The van der Waals surface area contributed by atoms with Crippen molar-refractivity contribution in [2.24, 2.45) is 0 Å². The topological polar surface area (TPSA) is 56.1 Å². The molecule has 0 spiro atoms. The van der Waals surface area contributed by atoms with Crippen molar-refractivity contribution in [3.63, 3.8) is 0 Å². The number of para-hydroxylation sites is 2. The minimum atomic E-state index is -0.0891. The van der Waals surface area contributed by atoms with E-state index in [0.29, 0.717) is 5.75 Å². The van der Waals surface area contributed by atoms with Gasteiger partial charge in [0.15, 0.2) is 0 Å². The molecule has 3 rings (SSSR count). The van der Waals surface area contributed by atoms with Crippen molar-refractivity contribution in [2.75, 3.05) is 18.7 Å². The van der Waals surface area contributed by atoms with Gasteiger partial charge in [0, 0.05) is 11.8 Å². The highest BCUT2D eigenvalue weighted by Gasteiger charge is 2.13. The van der Waals surface area contributed by atoms with Gasteiger partial charge >= 0.3 is 0 Å². The summed E-state index contributed by atoms with van der Waals surface area (Å²) < 4.78 is 7.16. The number of imidazole rings is 1. The lowest BCUT2D eigenvalue weighted by atomic mass is 10.3. The maximum Gasteiger partial charge on any atom is 0.244 e. The van der Waals surface area contributed by atoms with Crippen LogP contribution in [0.1, 0.15) is 5.82 Å². The van der Waals surface area contributed by atoms with Crippen LogP contribution >= 0.6 is 11.8 Å². The Balaban J connectivity index is 1.83. The third kappa shape index (κ3) is 3.54. The number of carbonyl (C=O) groups is 1. The van der Waals surface area contributed by atoms with Crippen molar-refractivity contribution in [1.82, 2.24) is 9.55 Å². The number of fused-ring (bicyclic) bond motifs is 1. The molecule has 1 aromatic heterocycles. The maximum atomic E-state index is 12.5. The number of amides is 1. The van der Waals surface area contributed by atoms with Crippen LogP contribution < -0.4 is 10.1 Å². The number of nitrogens with one attached hydrogen (secondary N) is 1. The fourth-order valence-electron chi connectivity index (χ4n) is 2.59. The number of benzene rings is 2. The monoisotopic (exact) mass is 341 g/mol. The standard InChI is InChI=1S/C18H19N3O2S/c1-23-14-7-5-6-13(10-14)19-18(22)11-21-16-9-4-3-8-15(16)20-17(21)12-24-2/h3-10H,11-12H2,1-2H3,(H,19,22). The Kier molecular flexibility index (Phi) is 5.05. The largest absolute Gasteiger partial charge is 0.497 e. The van der Waals surface area contributed by atoms with E-state index in [1.54, 1.807) is 24.9 Å². The van der Waals surface area contributed by atoms with Gasteiger partial charge in [0.05, 0.1) is 23.9 Å². The summed E-state index contributed by atoms with van der Waals surface area (Å²) in [6, 6.07) is 15.2. The summed E-state index contributed by atoms with van der Waals surface area (Å²) in [5, 5.41) is 2.91. The molecule has 1 heterocycles. The van der Waals surface area contributed by atoms with Gasteiger partial charge in [-0.25, -0.2) is 4.98 Å². The molecule has 124 valence electrons. The number of nitrogens with zero attached hydrogens (tertiary/aromatic N) is 2. The molecule has 0 bridgehead atoms. The summed E-state index contributed by atoms with van der Waals surface area (Å²) in [4.78, 5) is 17.1. The van der Waals surface area contributed by atoms with E-state index in [-0.39, 0.29) is 12.5 Å². The van der Waals surface area contributed by atoms with E-state index in [4.69, 9.17) is 4.74 Å². The second-order valence-corrected chi connectivity index (χ2v) is 6.18. The Labute approximate surface area is 145 Å². The number of aromatic nitrogens is 2. The molecule has 1 amide bonds. The number of carbonyl (C=O) groups excluding carboxylic acids is 1. The van der Waals surface area contributed by atoms with Crippen LogP contribution in [-0.4, -0.2) is 28.8 Å². The number of rotatable bonds is 6. The first-order valence-electron chi connectivity index (χ1n) is 7.58.